The summed E-state index contributed by atoms with van der Waals surface area (Å²) in [6, 6.07) is 8.65. The first-order valence-corrected chi connectivity index (χ1v) is 11.1. The zero-order chi connectivity index (χ0) is 20.9. The quantitative estimate of drug-likeness (QED) is 0.558. The summed E-state index contributed by atoms with van der Waals surface area (Å²) in [7, 11) is 0. The van der Waals surface area contributed by atoms with E-state index in [4.69, 9.17) is 4.74 Å². The summed E-state index contributed by atoms with van der Waals surface area (Å²) in [5.74, 6) is 1.36. The second-order valence-corrected chi connectivity index (χ2v) is 10.1. The van der Waals surface area contributed by atoms with E-state index in [2.05, 4.69) is 39.0 Å². The largest absolute Gasteiger partial charge is 0.491 e. The molecule has 3 nitrogen and oxygen atoms in total. The summed E-state index contributed by atoms with van der Waals surface area (Å²) in [5, 5.41) is 19.6. The zero-order valence-corrected chi connectivity index (χ0v) is 19.0. The van der Waals surface area contributed by atoms with E-state index < -0.39 is 6.10 Å². The van der Waals surface area contributed by atoms with E-state index in [1.807, 2.05) is 26.8 Å². The fraction of sp³-hybridized carbons (Fsp3) is 0.583. The average molecular weight is 405 g/mol. The van der Waals surface area contributed by atoms with Gasteiger partial charge in [0.05, 0.1) is 12.7 Å². The fourth-order valence-electron chi connectivity index (χ4n) is 3.30. The monoisotopic (exact) mass is 404 g/mol. The van der Waals surface area contributed by atoms with E-state index in [9.17, 15) is 10.2 Å². The fourth-order valence-corrected chi connectivity index (χ4v) is 4.36. The normalized spacial score (nSPS) is 14.1. The SMILES string of the molecule is CCC(CCc1cc(C)c(CO)s1)c1ccc(OCC(O)C(C)(C)C)c(C)c1. The summed E-state index contributed by atoms with van der Waals surface area (Å²) in [6.07, 6.45) is 2.75. The molecule has 0 spiro atoms. The van der Waals surface area contributed by atoms with Gasteiger partial charge < -0.3 is 14.9 Å². The number of hydrogen-bond donors (Lipinski definition) is 2. The van der Waals surface area contributed by atoms with Crippen LogP contribution in [-0.4, -0.2) is 22.9 Å². The Morgan fingerprint density at radius 1 is 1.11 bits per heavy atom. The van der Waals surface area contributed by atoms with Gasteiger partial charge in [-0.15, -0.1) is 11.3 Å². The van der Waals surface area contributed by atoms with Crippen LogP contribution in [0.1, 0.15) is 72.9 Å². The summed E-state index contributed by atoms with van der Waals surface area (Å²) < 4.78 is 5.88. The lowest BCUT2D eigenvalue weighted by atomic mass is 9.89. The number of ether oxygens (including phenoxy) is 1. The van der Waals surface area contributed by atoms with Crippen LogP contribution in [0.5, 0.6) is 5.75 Å². The van der Waals surface area contributed by atoms with Gasteiger partial charge in [0.2, 0.25) is 0 Å². The molecule has 2 unspecified atom stereocenters. The molecular weight excluding hydrogens is 368 g/mol. The molecule has 2 atom stereocenters. The van der Waals surface area contributed by atoms with Gasteiger partial charge in [-0.1, -0.05) is 39.8 Å². The summed E-state index contributed by atoms with van der Waals surface area (Å²) in [6.45, 7) is 12.9. The van der Waals surface area contributed by atoms with Crippen LogP contribution in [0.3, 0.4) is 0 Å². The van der Waals surface area contributed by atoms with Crippen LogP contribution in [-0.2, 0) is 13.0 Å². The van der Waals surface area contributed by atoms with Crippen molar-refractivity contribution >= 4 is 11.3 Å². The smallest absolute Gasteiger partial charge is 0.122 e. The van der Waals surface area contributed by atoms with Gasteiger partial charge in [0, 0.05) is 9.75 Å². The summed E-state index contributed by atoms with van der Waals surface area (Å²) in [4.78, 5) is 2.44. The highest BCUT2D eigenvalue weighted by Crippen LogP contribution is 2.31. The third kappa shape index (κ3) is 6.07. The van der Waals surface area contributed by atoms with Crippen molar-refractivity contribution in [3.05, 3.63) is 50.7 Å². The highest BCUT2D eigenvalue weighted by Gasteiger charge is 2.23. The van der Waals surface area contributed by atoms with Crippen molar-refractivity contribution in [3.63, 3.8) is 0 Å². The second kappa shape index (κ2) is 9.91. The van der Waals surface area contributed by atoms with Crippen molar-refractivity contribution in [2.45, 2.75) is 79.4 Å². The van der Waals surface area contributed by atoms with Crippen molar-refractivity contribution in [1.29, 1.82) is 0 Å². The zero-order valence-electron chi connectivity index (χ0n) is 18.2. The molecule has 1 aromatic heterocycles. The van der Waals surface area contributed by atoms with E-state index >= 15 is 0 Å². The van der Waals surface area contributed by atoms with Crippen molar-refractivity contribution in [2.24, 2.45) is 5.41 Å². The Bertz CT molecular complexity index is 758. The maximum Gasteiger partial charge on any atom is 0.122 e. The first kappa shape index (κ1) is 22.9. The highest BCUT2D eigenvalue weighted by atomic mass is 32.1. The number of aliphatic hydroxyl groups is 2. The molecule has 4 heteroatoms. The molecule has 2 N–H and O–H groups in total. The first-order valence-electron chi connectivity index (χ1n) is 10.3. The lowest BCUT2D eigenvalue weighted by molar-refractivity contribution is 0.0216. The maximum atomic E-state index is 10.2. The molecule has 0 bridgehead atoms. The number of hydrogen-bond acceptors (Lipinski definition) is 4. The molecule has 0 aliphatic rings. The molecule has 1 aromatic carbocycles. The predicted molar refractivity (Wildman–Crippen MR) is 118 cm³/mol. The van der Waals surface area contributed by atoms with Gasteiger partial charge in [0.25, 0.3) is 0 Å². The van der Waals surface area contributed by atoms with E-state index in [-0.39, 0.29) is 12.0 Å². The highest BCUT2D eigenvalue weighted by molar-refractivity contribution is 7.12. The van der Waals surface area contributed by atoms with Crippen LogP contribution >= 0.6 is 11.3 Å². The van der Waals surface area contributed by atoms with Crippen LogP contribution < -0.4 is 4.74 Å². The van der Waals surface area contributed by atoms with Crippen LogP contribution in [0, 0.1) is 19.3 Å². The molecule has 0 fully saturated rings. The van der Waals surface area contributed by atoms with E-state index in [0.29, 0.717) is 12.5 Å². The Morgan fingerprint density at radius 3 is 2.36 bits per heavy atom. The summed E-state index contributed by atoms with van der Waals surface area (Å²) in [5.41, 5.74) is 3.48. The van der Waals surface area contributed by atoms with Crippen molar-refractivity contribution < 1.29 is 14.9 Å². The second-order valence-electron chi connectivity index (χ2n) is 8.84. The van der Waals surface area contributed by atoms with Gasteiger partial charge in [-0.25, -0.2) is 0 Å². The molecule has 156 valence electrons. The number of rotatable bonds is 9. The minimum atomic E-state index is -0.493. The average Bonchev–Trinajstić information content (AvgIpc) is 3.00. The van der Waals surface area contributed by atoms with Crippen LogP contribution in [0.2, 0.25) is 0 Å². The van der Waals surface area contributed by atoms with Crippen molar-refractivity contribution in [2.75, 3.05) is 6.61 Å². The third-order valence-corrected chi connectivity index (χ3v) is 6.80. The number of aryl methyl sites for hydroxylation is 3. The van der Waals surface area contributed by atoms with Crippen LogP contribution in [0.4, 0.5) is 0 Å². The maximum absolute atomic E-state index is 10.2. The lowest BCUT2D eigenvalue weighted by Gasteiger charge is -2.26. The Labute approximate surface area is 174 Å². The molecule has 0 aliphatic heterocycles. The molecule has 28 heavy (non-hydrogen) atoms. The predicted octanol–water partition coefficient (Wildman–Crippen LogP) is 5.77. The van der Waals surface area contributed by atoms with Crippen molar-refractivity contribution in [3.8, 4) is 5.75 Å². The molecule has 0 saturated carbocycles. The minimum Gasteiger partial charge on any atom is -0.491 e. The van der Waals surface area contributed by atoms with Crippen LogP contribution in [0.25, 0.3) is 0 Å². The molecule has 2 rings (SSSR count). The molecule has 0 radical (unpaired) electrons. The number of thiophene rings is 1. The molecule has 0 aliphatic carbocycles. The van der Waals surface area contributed by atoms with Gasteiger partial charge in [-0.2, -0.15) is 0 Å². The van der Waals surface area contributed by atoms with Gasteiger partial charge in [-0.3, -0.25) is 0 Å². The Balaban J connectivity index is 2.01. The standard InChI is InChI=1S/C24H36O3S/c1-7-18(8-10-20-13-17(3)22(14-25)28-20)19-9-11-21(16(2)12-19)27-15-23(26)24(4,5)6/h9,11-13,18,23,25-26H,7-8,10,14-15H2,1-6H3. The molecule has 0 saturated heterocycles. The Hall–Kier alpha value is -1.36. The topological polar surface area (TPSA) is 49.7 Å². The molecular formula is C24H36O3S. The first-order chi connectivity index (χ1) is 13.2. The third-order valence-electron chi connectivity index (χ3n) is 5.51. The van der Waals surface area contributed by atoms with E-state index in [0.717, 1.165) is 35.5 Å². The van der Waals surface area contributed by atoms with E-state index in [1.165, 1.54) is 16.0 Å². The Morgan fingerprint density at radius 2 is 1.82 bits per heavy atom. The Kier molecular flexibility index (Phi) is 8.11. The summed E-state index contributed by atoms with van der Waals surface area (Å²) >= 11 is 1.73. The van der Waals surface area contributed by atoms with Gasteiger partial charge in [0.15, 0.2) is 0 Å². The van der Waals surface area contributed by atoms with E-state index in [1.54, 1.807) is 11.3 Å². The van der Waals surface area contributed by atoms with Gasteiger partial charge >= 0.3 is 0 Å². The molecule has 2 aromatic rings. The molecule has 0 amide bonds. The van der Waals surface area contributed by atoms with Gasteiger partial charge in [-0.05, 0) is 73.3 Å². The number of benzene rings is 1. The number of aliphatic hydroxyl groups excluding tert-OH is 2. The van der Waals surface area contributed by atoms with Crippen molar-refractivity contribution in [1.82, 2.24) is 0 Å². The lowest BCUT2D eigenvalue weighted by Crippen LogP contribution is -2.32. The van der Waals surface area contributed by atoms with Crippen LogP contribution in [0.15, 0.2) is 24.3 Å². The molecule has 1 heterocycles. The minimum absolute atomic E-state index is 0.137. The van der Waals surface area contributed by atoms with Gasteiger partial charge in [0.1, 0.15) is 12.4 Å².